The Kier molecular flexibility index (Phi) is 3.70. The number of benzene rings is 1. The van der Waals surface area contributed by atoms with Crippen LogP contribution in [0.4, 0.5) is 0 Å². The van der Waals surface area contributed by atoms with Crippen molar-refractivity contribution < 1.29 is 9.53 Å². The Morgan fingerprint density at radius 2 is 2.09 bits per heavy atom. The average Bonchev–Trinajstić information content (AvgIpc) is 2.89. The Bertz CT molecular complexity index is 780. The summed E-state index contributed by atoms with van der Waals surface area (Å²) < 4.78 is 5.23. The van der Waals surface area contributed by atoms with Gasteiger partial charge >= 0.3 is 0 Å². The van der Waals surface area contributed by atoms with E-state index in [9.17, 15) is 4.79 Å². The number of carbonyl (C=O) groups excluding carboxylic acids is 1. The molecule has 1 N–H and O–H groups in total. The molecule has 5 heteroatoms. The standard InChI is InChI=1S/C17H15N3O2/c1-11-9-12(6-7-15(11)22-2)10-14-17(21)20-16(19-14)13-5-3-4-8-18-13/h3-10H,1-2H3,(H,19,20,21)/b14-10+. The highest BCUT2D eigenvalue weighted by atomic mass is 16.5. The molecule has 1 aromatic heterocycles. The van der Waals surface area contributed by atoms with Crippen LogP contribution in [0.15, 0.2) is 53.3 Å². The van der Waals surface area contributed by atoms with Crippen LogP contribution in [0.5, 0.6) is 5.75 Å². The molecular weight excluding hydrogens is 278 g/mol. The van der Waals surface area contributed by atoms with E-state index in [1.807, 2.05) is 37.3 Å². The van der Waals surface area contributed by atoms with Crippen molar-refractivity contribution in [1.82, 2.24) is 10.3 Å². The molecule has 1 aliphatic heterocycles. The van der Waals surface area contributed by atoms with Gasteiger partial charge in [0.1, 0.15) is 17.1 Å². The zero-order chi connectivity index (χ0) is 15.5. The minimum atomic E-state index is -0.228. The highest BCUT2D eigenvalue weighted by molar-refractivity contribution is 6.19. The zero-order valence-electron chi connectivity index (χ0n) is 12.3. The van der Waals surface area contributed by atoms with E-state index < -0.39 is 0 Å². The summed E-state index contributed by atoms with van der Waals surface area (Å²) in [7, 11) is 1.63. The number of nitrogens with one attached hydrogen (secondary N) is 1. The van der Waals surface area contributed by atoms with Crippen LogP contribution in [-0.2, 0) is 4.79 Å². The lowest BCUT2D eigenvalue weighted by Gasteiger charge is -2.04. The summed E-state index contributed by atoms with van der Waals surface area (Å²) in [4.78, 5) is 20.5. The van der Waals surface area contributed by atoms with E-state index in [2.05, 4.69) is 15.3 Å². The maximum Gasteiger partial charge on any atom is 0.275 e. The van der Waals surface area contributed by atoms with Crippen LogP contribution >= 0.6 is 0 Å². The van der Waals surface area contributed by atoms with Gasteiger partial charge in [0.05, 0.1) is 7.11 Å². The Hall–Kier alpha value is -2.95. The first-order valence-corrected chi connectivity index (χ1v) is 6.85. The Morgan fingerprint density at radius 3 is 2.77 bits per heavy atom. The number of amidine groups is 1. The molecule has 110 valence electrons. The molecule has 3 rings (SSSR count). The first kappa shape index (κ1) is 14.0. The van der Waals surface area contributed by atoms with Gasteiger partial charge < -0.3 is 10.1 Å². The summed E-state index contributed by atoms with van der Waals surface area (Å²) in [6, 6.07) is 11.2. The average molecular weight is 293 g/mol. The van der Waals surface area contributed by atoms with Gasteiger partial charge in [-0.25, -0.2) is 4.99 Å². The fourth-order valence-electron chi connectivity index (χ4n) is 2.24. The van der Waals surface area contributed by atoms with Crippen LogP contribution in [-0.4, -0.2) is 23.8 Å². The van der Waals surface area contributed by atoms with Crippen molar-refractivity contribution in [2.24, 2.45) is 4.99 Å². The lowest BCUT2D eigenvalue weighted by molar-refractivity contribution is -0.115. The molecule has 2 aromatic rings. The summed E-state index contributed by atoms with van der Waals surface area (Å²) >= 11 is 0. The summed E-state index contributed by atoms with van der Waals surface area (Å²) in [6.07, 6.45) is 3.41. The Labute approximate surface area is 128 Å². The number of aryl methyl sites for hydroxylation is 1. The third kappa shape index (κ3) is 2.74. The minimum Gasteiger partial charge on any atom is -0.496 e. The molecule has 0 radical (unpaired) electrons. The highest BCUT2D eigenvalue weighted by Gasteiger charge is 2.21. The number of aromatic nitrogens is 1. The minimum absolute atomic E-state index is 0.228. The number of amides is 1. The van der Waals surface area contributed by atoms with Gasteiger partial charge in [0, 0.05) is 6.20 Å². The lowest BCUT2D eigenvalue weighted by Crippen LogP contribution is -2.25. The van der Waals surface area contributed by atoms with Crippen molar-refractivity contribution >= 4 is 17.8 Å². The summed E-state index contributed by atoms with van der Waals surface area (Å²) in [5, 5.41) is 2.73. The van der Waals surface area contributed by atoms with E-state index in [-0.39, 0.29) is 5.91 Å². The third-order valence-corrected chi connectivity index (χ3v) is 3.33. The fraction of sp³-hybridized carbons (Fsp3) is 0.118. The van der Waals surface area contributed by atoms with Crippen molar-refractivity contribution in [2.75, 3.05) is 7.11 Å². The van der Waals surface area contributed by atoms with Gasteiger partial charge in [-0.15, -0.1) is 0 Å². The van der Waals surface area contributed by atoms with Gasteiger partial charge in [-0.2, -0.15) is 0 Å². The van der Waals surface area contributed by atoms with Crippen LogP contribution in [0.1, 0.15) is 16.8 Å². The van der Waals surface area contributed by atoms with E-state index >= 15 is 0 Å². The number of rotatable bonds is 3. The van der Waals surface area contributed by atoms with Crippen molar-refractivity contribution in [2.45, 2.75) is 6.92 Å². The number of ether oxygens (including phenoxy) is 1. The maximum absolute atomic E-state index is 12.0. The van der Waals surface area contributed by atoms with Gasteiger partial charge in [-0.3, -0.25) is 9.78 Å². The molecule has 0 bridgehead atoms. The first-order valence-electron chi connectivity index (χ1n) is 6.85. The van der Waals surface area contributed by atoms with E-state index in [1.54, 1.807) is 25.4 Å². The first-order chi connectivity index (χ1) is 10.7. The topological polar surface area (TPSA) is 63.6 Å². The maximum atomic E-state index is 12.0. The molecule has 0 atom stereocenters. The van der Waals surface area contributed by atoms with Crippen LogP contribution in [0.3, 0.4) is 0 Å². The lowest BCUT2D eigenvalue weighted by atomic mass is 10.1. The van der Waals surface area contributed by atoms with Gasteiger partial charge in [0.15, 0.2) is 5.84 Å². The number of aliphatic imine (C=N–C) groups is 1. The molecule has 0 fully saturated rings. The normalized spacial score (nSPS) is 15.6. The fourth-order valence-corrected chi connectivity index (χ4v) is 2.24. The van der Waals surface area contributed by atoms with Gasteiger partial charge in [0.25, 0.3) is 5.91 Å². The molecule has 1 aliphatic rings. The summed E-state index contributed by atoms with van der Waals surface area (Å²) in [6.45, 7) is 1.96. The third-order valence-electron chi connectivity index (χ3n) is 3.33. The van der Waals surface area contributed by atoms with Crippen LogP contribution in [0.25, 0.3) is 6.08 Å². The van der Waals surface area contributed by atoms with Crippen LogP contribution < -0.4 is 10.1 Å². The van der Waals surface area contributed by atoms with Crippen molar-refractivity contribution in [3.8, 4) is 5.75 Å². The van der Waals surface area contributed by atoms with Gasteiger partial charge in [0.2, 0.25) is 0 Å². The highest BCUT2D eigenvalue weighted by Crippen LogP contribution is 2.21. The van der Waals surface area contributed by atoms with E-state index in [1.165, 1.54) is 0 Å². The van der Waals surface area contributed by atoms with Gasteiger partial charge in [-0.1, -0.05) is 12.1 Å². The molecule has 0 aliphatic carbocycles. The molecule has 2 heterocycles. The second-order valence-corrected chi connectivity index (χ2v) is 4.89. The summed E-state index contributed by atoms with van der Waals surface area (Å²) in [5.41, 5.74) is 2.91. The van der Waals surface area contributed by atoms with Crippen molar-refractivity contribution in [1.29, 1.82) is 0 Å². The monoisotopic (exact) mass is 293 g/mol. The van der Waals surface area contributed by atoms with Crippen LogP contribution in [0.2, 0.25) is 0 Å². The molecule has 0 saturated carbocycles. The van der Waals surface area contributed by atoms with Gasteiger partial charge in [-0.05, 0) is 48.4 Å². The van der Waals surface area contributed by atoms with Crippen LogP contribution in [0, 0.1) is 6.92 Å². The predicted octanol–water partition coefficient (Wildman–Crippen LogP) is 2.32. The molecular formula is C17H15N3O2. The van der Waals surface area contributed by atoms with E-state index in [0.29, 0.717) is 17.2 Å². The zero-order valence-corrected chi connectivity index (χ0v) is 12.3. The number of pyridine rings is 1. The second-order valence-electron chi connectivity index (χ2n) is 4.89. The van der Waals surface area contributed by atoms with E-state index in [0.717, 1.165) is 16.9 Å². The molecule has 0 spiro atoms. The molecule has 1 aromatic carbocycles. The molecule has 1 amide bonds. The molecule has 0 unspecified atom stereocenters. The largest absolute Gasteiger partial charge is 0.496 e. The number of carbonyl (C=O) groups is 1. The quantitative estimate of drug-likeness (QED) is 0.883. The number of hydrogen-bond donors (Lipinski definition) is 1. The number of methoxy groups -OCH3 is 1. The SMILES string of the molecule is COc1ccc(/C=C2/N=C(c3ccccn3)NC2=O)cc1C. The summed E-state index contributed by atoms with van der Waals surface area (Å²) in [5.74, 6) is 1.06. The Morgan fingerprint density at radius 1 is 1.23 bits per heavy atom. The van der Waals surface area contributed by atoms with Crippen molar-refractivity contribution in [3.05, 3.63) is 65.1 Å². The molecule has 5 nitrogen and oxygen atoms in total. The second kappa shape index (κ2) is 5.81. The molecule has 0 saturated heterocycles. The number of nitrogens with zero attached hydrogens (tertiary/aromatic N) is 2. The predicted molar refractivity (Wildman–Crippen MR) is 84.6 cm³/mol. The van der Waals surface area contributed by atoms with E-state index in [4.69, 9.17) is 4.74 Å². The smallest absolute Gasteiger partial charge is 0.275 e. The Balaban J connectivity index is 1.92. The van der Waals surface area contributed by atoms with Crippen molar-refractivity contribution in [3.63, 3.8) is 0 Å². The molecule has 22 heavy (non-hydrogen) atoms. The number of hydrogen-bond acceptors (Lipinski definition) is 4.